The molecular weight excluding hydrogens is 436 g/mol. The molecular formula is C15H12F3IN4O. The summed E-state index contributed by atoms with van der Waals surface area (Å²) in [5.41, 5.74) is 0.0631. The third kappa shape index (κ3) is 2.92. The number of alkyl halides is 3. The van der Waals surface area contributed by atoms with E-state index >= 15 is 0 Å². The number of aromatic amines is 1. The van der Waals surface area contributed by atoms with Crippen LogP contribution in [0, 0.1) is 10.6 Å². The zero-order valence-electron chi connectivity index (χ0n) is 12.6. The number of aromatic nitrogens is 4. The number of hydrogen-bond acceptors (Lipinski definition) is 3. The first-order valence-corrected chi connectivity index (χ1v) is 8.08. The van der Waals surface area contributed by atoms with Crippen LogP contribution in [0.25, 0.3) is 11.0 Å². The van der Waals surface area contributed by atoms with Gasteiger partial charge in [0.15, 0.2) is 5.65 Å². The van der Waals surface area contributed by atoms with E-state index in [2.05, 4.69) is 15.1 Å². The fourth-order valence-electron chi connectivity index (χ4n) is 2.48. The van der Waals surface area contributed by atoms with Crippen LogP contribution < -0.4 is 5.56 Å². The van der Waals surface area contributed by atoms with Crippen LogP contribution in [0.1, 0.15) is 29.9 Å². The maximum atomic E-state index is 12.7. The van der Waals surface area contributed by atoms with E-state index in [1.807, 2.05) is 22.6 Å². The van der Waals surface area contributed by atoms with Crippen LogP contribution in [0.4, 0.5) is 13.2 Å². The van der Waals surface area contributed by atoms with Gasteiger partial charge in [-0.1, -0.05) is 12.1 Å². The monoisotopic (exact) mass is 448 g/mol. The Kier molecular flexibility index (Phi) is 4.14. The Morgan fingerprint density at radius 3 is 2.46 bits per heavy atom. The molecule has 0 bridgehead atoms. The Bertz CT molecular complexity index is 960. The molecule has 0 saturated heterocycles. The van der Waals surface area contributed by atoms with E-state index in [4.69, 9.17) is 0 Å². The minimum atomic E-state index is -4.37. The molecule has 1 N–H and O–H groups in total. The molecule has 0 spiro atoms. The van der Waals surface area contributed by atoms with E-state index in [0.717, 1.165) is 12.1 Å². The van der Waals surface area contributed by atoms with Crippen LogP contribution in [-0.4, -0.2) is 19.7 Å². The van der Waals surface area contributed by atoms with Crippen LogP contribution in [0.3, 0.4) is 0 Å². The van der Waals surface area contributed by atoms with Gasteiger partial charge < -0.3 is 4.98 Å². The van der Waals surface area contributed by atoms with Gasteiger partial charge in [0, 0.05) is 0 Å². The van der Waals surface area contributed by atoms with Crippen molar-refractivity contribution >= 4 is 33.6 Å². The van der Waals surface area contributed by atoms with Crippen molar-refractivity contribution in [2.45, 2.75) is 26.1 Å². The number of halogens is 4. The van der Waals surface area contributed by atoms with Crippen molar-refractivity contribution in [1.29, 1.82) is 0 Å². The second-order valence-electron chi connectivity index (χ2n) is 5.38. The van der Waals surface area contributed by atoms with Crippen LogP contribution in [-0.2, 0) is 6.18 Å². The third-order valence-corrected chi connectivity index (χ3v) is 4.48. The fourth-order valence-corrected chi connectivity index (χ4v) is 3.20. The first-order valence-electron chi connectivity index (χ1n) is 7.00. The lowest BCUT2D eigenvalue weighted by Gasteiger charge is -2.15. The summed E-state index contributed by atoms with van der Waals surface area (Å²) in [6.45, 7) is 3.46. The number of rotatable bonds is 2. The summed E-state index contributed by atoms with van der Waals surface area (Å²) < 4.78 is 40.1. The summed E-state index contributed by atoms with van der Waals surface area (Å²) in [6, 6.07) is 4.52. The SMILES string of the molecule is Cc1nc2c(c(I)nn2C(C)c2ccc(C(F)(F)F)cc2)c(=O)[nH]1. The number of nitrogens with one attached hydrogen (secondary N) is 1. The van der Waals surface area contributed by atoms with Crippen LogP contribution in [0.5, 0.6) is 0 Å². The predicted molar refractivity (Wildman–Crippen MR) is 90.9 cm³/mol. The fraction of sp³-hybridized carbons (Fsp3) is 0.267. The van der Waals surface area contributed by atoms with Gasteiger partial charge in [0.05, 0.1) is 11.6 Å². The summed E-state index contributed by atoms with van der Waals surface area (Å²) in [7, 11) is 0. The summed E-state index contributed by atoms with van der Waals surface area (Å²) in [5, 5.41) is 4.71. The molecule has 3 rings (SSSR count). The molecule has 1 aromatic carbocycles. The molecule has 0 amide bonds. The van der Waals surface area contributed by atoms with E-state index in [0.29, 0.717) is 26.1 Å². The highest BCUT2D eigenvalue weighted by Gasteiger charge is 2.30. The molecule has 3 aromatic rings. The van der Waals surface area contributed by atoms with Gasteiger partial charge in [-0.05, 0) is 54.1 Å². The maximum absolute atomic E-state index is 12.7. The number of aryl methyl sites for hydroxylation is 1. The predicted octanol–water partition coefficient (Wildman–Crippen LogP) is 3.66. The second kappa shape index (κ2) is 5.87. The summed E-state index contributed by atoms with van der Waals surface area (Å²) in [5.74, 6) is 0.449. The minimum absolute atomic E-state index is 0.284. The van der Waals surface area contributed by atoms with Crippen LogP contribution >= 0.6 is 22.6 Å². The molecule has 0 aliphatic rings. The molecule has 0 aliphatic carbocycles. The van der Waals surface area contributed by atoms with Gasteiger partial charge >= 0.3 is 6.18 Å². The Balaban J connectivity index is 2.09. The first-order chi connectivity index (χ1) is 11.2. The van der Waals surface area contributed by atoms with Gasteiger partial charge in [-0.25, -0.2) is 9.67 Å². The standard InChI is InChI=1S/C15H12F3IN4O/c1-7(9-3-5-10(6-4-9)15(16,17)18)23-13-11(12(19)22-23)14(24)21-8(2)20-13/h3-7H,1-2H3,(H,20,21,24). The smallest absolute Gasteiger partial charge is 0.310 e. The van der Waals surface area contributed by atoms with Gasteiger partial charge in [-0.3, -0.25) is 4.79 Å². The van der Waals surface area contributed by atoms with Crippen LogP contribution in [0.2, 0.25) is 0 Å². The van der Waals surface area contributed by atoms with Crippen molar-refractivity contribution in [3.63, 3.8) is 0 Å². The van der Waals surface area contributed by atoms with Crippen molar-refractivity contribution < 1.29 is 13.2 Å². The molecule has 2 heterocycles. The number of nitrogens with zero attached hydrogens (tertiary/aromatic N) is 3. The molecule has 0 radical (unpaired) electrons. The van der Waals surface area contributed by atoms with E-state index in [1.54, 1.807) is 18.5 Å². The Labute approximate surface area is 148 Å². The van der Waals surface area contributed by atoms with Gasteiger partial charge in [-0.15, -0.1) is 0 Å². The molecule has 0 aliphatic heterocycles. The zero-order valence-corrected chi connectivity index (χ0v) is 14.8. The highest BCUT2D eigenvalue weighted by atomic mass is 127. The lowest BCUT2D eigenvalue weighted by atomic mass is 10.1. The molecule has 2 aromatic heterocycles. The Morgan fingerprint density at radius 2 is 1.88 bits per heavy atom. The van der Waals surface area contributed by atoms with Crippen molar-refractivity contribution in [3.05, 3.63) is 55.3 Å². The van der Waals surface area contributed by atoms with Gasteiger partial charge in [0.2, 0.25) is 0 Å². The van der Waals surface area contributed by atoms with E-state index in [9.17, 15) is 18.0 Å². The van der Waals surface area contributed by atoms with E-state index in [1.165, 1.54) is 12.1 Å². The topological polar surface area (TPSA) is 63.6 Å². The average Bonchev–Trinajstić information content (AvgIpc) is 2.82. The molecule has 24 heavy (non-hydrogen) atoms. The quantitative estimate of drug-likeness (QED) is 0.609. The third-order valence-electron chi connectivity index (χ3n) is 3.72. The first kappa shape index (κ1) is 16.9. The molecule has 0 fully saturated rings. The number of H-pyrrole nitrogens is 1. The van der Waals surface area contributed by atoms with Crippen molar-refractivity contribution in [2.75, 3.05) is 0 Å². The lowest BCUT2D eigenvalue weighted by molar-refractivity contribution is -0.137. The van der Waals surface area contributed by atoms with E-state index < -0.39 is 11.7 Å². The molecule has 0 saturated carbocycles. The van der Waals surface area contributed by atoms with E-state index in [-0.39, 0.29) is 11.6 Å². The molecule has 1 atom stereocenters. The maximum Gasteiger partial charge on any atom is 0.416 e. The largest absolute Gasteiger partial charge is 0.416 e. The van der Waals surface area contributed by atoms with Gasteiger partial charge in [-0.2, -0.15) is 18.3 Å². The zero-order chi connectivity index (χ0) is 17.6. The van der Waals surface area contributed by atoms with Crippen LogP contribution in [0.15, 0.2) is 29.1 Å². The Hall–Kier alpha value is -1.91. The molecule has 126 valence electrons. The van der Waals surface area contributed by atoms with Gasteiger partial charge in [0.1, 0.15) is 14.9 Å². The average molecular weight is 448 g/mol. The minimum Gasteiger partial charge on any atom is -0.310 e. The summed E-state index contributed by atoms with van der Waals surface area (Å²) >= 11 is 1.94. The highest BCUT2D eigenvalue weighted by Crippen LogP contribution is 2.31. The number of hydrogen-bond donors (Lipinski definition) is 1. The van der Waals surface area contributed by atoms with Crippen molar-refractivity contribution in [2.24, 2.45) is 0 Å². The molecule has 9 heteroatoms. The second-order valence-corrected chi connectivity index (χ2v) is 6.40. The normalized spacial score (nSPS) is 13.4. The number of benzene rings is 1. The molecule has 1 unspecified atom stereocenters. The van der Waals surface area contributed by atoms with Crippen molar-refractivity contribution in [1.82, 2.24) is 19.7 Å². The van der Waals surface area contributed by atoms with Gasteiger partial charge in [0.25, 0.3) is 5.56 Å². The highest BCUT2D eigenvalue weighted by molar-refractivity contribution is 14.1. The Morgan fingerprint density at radius 1 is 1.25 bits per heavy atom. The lowest BCUT2D eigenvalue weighted by Crippen LogP contribution is -2.13. The summed E-state index contributed by atoms with van der Waals surface area (Å²) in [4.78, 5) is 19.0. The number of fused-ring (bicyclic) bond motifs is 1. The van der Waals surface area contributed by atoms with Crippen molar-refractivity contribution in [3.8, 4) is 0 Å². The molecule has 5 nitrogen and oxygen atoms in total. The summed E-state index contributed by atoms with van der Waals surface area (Å²) in [6.07, 6.45) is -4.37.